The van der Waals surface area contributed by atoms with Crippen LogP contribution in [0.15, 0.2) is 61.1 Å². The Kier molecular flexibility index (Phi) is 4.31. The standard InChI is InChI=1S/C23H22FN7/c24-17-3-1-2-15(8-17)12-28-21-9-16(4-5-25-21)20-11-22-26-6-7-30(22)23(29-20)31-14-18-10-19(31)13-27-18/h1-9,11,18-19,27H,10,12-14H2,(H,25,28). The molecule has 2 atom stereocenters. The number of nitrogens with one attached hydrogen (secondary N) is 2. The molecule has 0 saturated carbocycles. The van der Waals surface area contributed by atoms with Crippen molar-refractivity contribution in [3.63, 3.8) is 0 Å². The minimum atomic E-state index is -0.239. The van der Waals surface area contributed by atoms with E-state index in [2.05, 4.69) is 29.9 Å². The summed E-state index contributed by atoms with van der Waals surface area (Å²) < 4.78 is 15.5. The SMILES string of the molecule is Fc1cccc(CNc2cc(-c3cc4nccn4c(N4CC5CC4CN5)n3)ccn2)c1. The monoisotopic (exact) mass is 415 g/mol. The van der Waals surface area contributed by atoms with Crippen LogP contribution in [0.3, 0.4) is 0 Å². The van der Waals surface area contributed by atoms with Crippen LogP contribution in [0, 0.1) is 5.82 Å². The molecule has 4 aromatic rings. The Morgan fingerprint density at radius 1 is 1.13 bits per heavy atom. The molecule has 5 heterocycles. The summed E-state index contributed by atoms with van der Waals surface area (Å²) in [5.74, 6) is 1.42. The molecule has 0 radical (unpaired) electrons. The van der Waals surface area contributed by atoms with E-state index in [1.165, 1.54) is 12.1 Å². The van der Waals surface area contributed by atoms with Crippen LogP contribution in [0.2, 0.25) is 0 Å². The highest BCUT2D eigenvalue weighted by atomic mass is 19.1. The van der Waals surface area contributed by atoms with Crippen LogP contribution in [0.4, 0.5) is 16.2 Å². The van der Waals surface area contributed by atoms with Crippen molar-refractivity contribution >= 4 is 17.4 Å². The Labute approximate surface area is 179 Å². The molecule has 2 N–H and O–H groups in total. The third kappa shape index (κ3) is 3.38. The molecule has 2 bridgehead atoms. The molecule has 2 unspecified atom stereocenters. The van der Waals surface area contributed by atoms with Crippen molar-refractivity contribution in [3.05, 3.63) is 72.4 Å². The number of hydrogen-bond donors (Lipinski definition) is 2. The smallest absolute Gasteiger partial charge is 0.212 e. The van der Waals surface area contributed by atoms with Crippen LogP contribution < -0.4 is 15.5 Å². The quantitative estimate of drug-likeness (QED) is 0.522. The number of imidazole rings is 1. The lowest BCUT2D eigenvalue weighted by molar-refractivity contribution is 0.570. The van der Waals surface area contributed by atoms with Gasteiger partial charge in [0.15, 0.2) is 0 Å². The molecule has 156 valence electrons. The molecule has 7 nitrogen and oxygen atoms in total. The van der Waals surface area contributed by atoms with Gasteiger partial charge in [0.25, 0.3) is 0 Å². The molecule has 2 aliphatic heterocycles. The van der Waals surface area contributed by atoms with E-state index >= 15 is 0 Å². The second kappa shape index (κ2) is 7.31. The summed E-state index contributed by atoms with van der Waals surface area (Å²) >= 11 is 0. The van der Waals surface area contributed by atoms with E-state index in [-0.39, 0.29) is 5.82 Å². The zero-order chi connectivity index (χ0) is 20.8. The van der Waals surface area contributed by atoms with Gasteiger partial charge in [-0.25, -0.2) is 19.3 Å². The van der Waals surface area contributed by atoms with Crippen LogP contribution in [0.1, 0.15) is 12.0 Å². The average Bonchev–Trinajstić information content (AvgIpc) is 3.54. The summed E-state index contributed by atoms with van der Waals surface area (Å²) in [6.45, 7) is 2.46. The van der Waals surface area contributed by atoms with Crippen molar-refractivity contribution in [2.45, 2.75) is 25.0 Å². The molecule has 0 amide bonds. The van der Waals surface area contributed by atoms with Gasteiger partial charge >= 0.3 is 0 Å². The van der Waals surface area contributed by atoms with Gasteiger partial charge < -0.3 is 15.5 Å². The normalized spacial score (nSPS) is 20.0. The Morgan fingerprint density at radius 3 is 2.94 bits per heavy atom. The molecular weight excluding hydrogens is 393 g/mol. The zero-order valence-corrected chi connectivity index (χ0v) is 16.9. The van der Waals surface area contributed by atoms with E-state index in [0.717, 1.165) is 53.7 Å². The minimum Gasteiger partial charge on any atom is -0.366 e. The van der Waals surface area contributed by atoms with Crippen molar-refractivity contribution in [1.82, 2.24) is 24.7 Å². The van der Waals surface area contributed by atoms with Gasteiger partial charge in [0.1, 0.15) is 17.3 Å². The van der Waals surface area contributed by atoms with Crippen LogP contribution in [-0.2, 0) is 6.54 Å². The number of nitrogens with zero attached hydrogens (tertiary/aromatic N) is 5. The molecule has 0 spiro atoms. The molecule has 2 aliphatic rings. The van der Waals surface area contributed by atoms with Gasteiger partial charge in [-0.2, -0.15) is 0 Å². The van der Waals surface area contributed by atoms with Crippen molar-refractivity contribution in [3.8, 4) is 11.3 Å². The summed E-state index contributed by atoms with van der Waals surface area (Å²) in [4.78, 5) is 16.4. The number of benzene rings is 1. The third-order valence-corrected chi connectivity index (χ3v) is 6.10. The number of aromatic nitrogens is 4. The Bertz CT molecular complexity index is 1250. The van der Waals surface area contributed by atoms with Gasteiger partial charge in [-0.05, 0) is 36.2 Å². The molecular formula is C23H22FN7. The highest BCUT2D eigenvalue weighted by Crippen LogP contribution is 2.31. The Hall–Kier alpha value is -3.52. The maximum Gasteiger partial charge on any atom is 0.212 e. The van der Waals surface area contributed by atoms with E-state index in [1.54, 1.807) is 12.3 Å². The van der Waals surface area contributed by atoms with E-state index < -0.39 is 0 Å². The van der Waals surface area contributed by atoms with E-state index in [9.17, 15) is 4.39 Å². The second-order valence-electron chi connectivity index (χ2n) is 8.16. The first-order valence-corrected chi connectivity index (χ1v) is 10.5. The Balaban J connectivity index is 1.32. The summed E-state index contributed by atoms with van der Waals surface area (Å²) in [5.41, 5.74) is 3.57. The van der Waals surface area contributed by atoms with Crippen molar-refractivity contribution in [2.24, 2.45) is 0 Å². The number of piperazine rings is 1. The number of halogens is 1. The highest BCUT2D eigenvalue weighted by molar-refractivity contribution is 5.68. The molecule has 0 aliphatic carbocycles. The lowest BCUT2D eigenvalue weighted by Gasteiger charge is -2.29. The van der Waals surface area contributed by atoms with Crippen molar-refractivity contribution in [1.29, 1.82) is 0 Å². The minimum absolute atomic E-state index is 0.239. The maximum absolute atomic E-state index is 13.4. The van der Waals surface area contributed by atoms with E-state index in [4.69, 9.17) is 4.98 Å². The first-order chi connectivity index (χ1) is 15.2. The van der Waals surface area contributed by atoms with Crippen molar-refractivity contribution < 1.29 is 4.39 Å². The predicted molar refractivity (Wildman–Crippen MR) is 117 cm³/mol. The van der Waals surface area contributed by atoms with Crippen LogP contribution in [0.5, 0.6) is 0 Å². The third-order valence-electron chi connectivity index (χ3n) is 6.10. The largest absolute Gasteiger partial charge is 0.366 e. The average molecular weight is 415 g/mol. The maximum atomic E-state index is 13.4. The molecule has 3 aromatic heterocycles. The molecule has 31 heavy (non-hydrogen) atoms. The Morgan fingerprint density at radius 2 is 2.10 bits per heavy atom. The van der Waals surface area contributed by atoms with Crippen LogP contribution in [-0.4, -0.2) is 44.5 Å². The number of rotatable bonds is 5. The first kappa shape index (κ1) is 18.3. The van der Waals surface area contributed by atoms with Gasteiger partial charge in [0.05, 0.1) is 5.69 Å². The summed E-state index contributed by atoms with van der Waals surface area (Å²) in [6.07, 6.45) is 6.71. The number of hydrogen-bond acceptors (Lipinski definition) is 6. The lowest BCUT2D eigenvalue weighted by Crippen LogP contribution is -2.44. The molecule has 2 saturated heterocycles. The van der Waals surface area contributed by atoms with E-state index in [0.29, 0.717) is 18.6 Å². The summed E-state index contributed by atoms with van der Waals surface area (Å²) in [6, 6.07) is 13.5. The van der Waals surface area contributed by atoms with Crippen LogP contribution >= 0.6 is 0 Å². The fourth-order valence-corrected chi connectivity index (χ4v) is 4.59. The number of pyridine rings is 1. The van der Waals surface area contributed by atoms with E-state index in [1.807, 2.05) is 36.7 Å². The van der Waals surface area contributed by atoms with Crippen LogP contribution in [0.25, 0.3) is 16.9 Å². The fourth-order valence-electron chi connectivity index (χ4n) is 4.59. The lowest BCUT2D eigenvalue weighted by atomic mass is 10.1. The zero-order valence-electron chi connectivity index (χ0n) is 16.9. The number of anilines is 2. The van der Waals surface area contributed by atoms with Gasteiger partial charge in [-0.1, -0.05) is 12.1 Å². The van der Waals surface area contributed by atoms with Crippen molar-refractivity contribution in [2.75, 3.05) is 23.3 Å². The van der Waals surface area contributed by atoms with Gasteiger partial charge in [-0.15, -0.1) is 0 Å². The predicted octanol–water partition coefficient (Wildman–Crippen LogP) is 3.09. The van der Waals surface area contributed by atoms with Gasteiger partial charge in [0, 0.05) is 61.9 Å². The second-order valence-corrected chi connectivity index (χ2v) is 8.16. The van der Waals surface area contributed by atoms with Gasteiger partial charge in [0.2, 0.25) is 5.95 Å². The first-order valence-electron chi connectivity index (χ1n) is 10.5. The fraction of sp³-hybridized carbons (Fsp3) is 0.261. The highest BCUT2D eigenvalue weighted by Gasteiger charge is 2.39. The summed E-state index contributed by atoms with van der Waals surface area (Å²) in [7, 11) is 0. The topological polar surface area (TPSA) is 70.4 Å². The molecule has 6 rings (SSSR count). The number of fused-ring (bicyclic) bond motifs is 3. The molecule has 1 aromatic carbocycles. The molecule has 2 fully saturated rings. The summed E-state index contributed by atoms with van der Waals surface area (Å²) in [5, 5.41) is 6.83. The molecule has 8 heteroatoms. The van der Waals surface area contributed by atoms with Gasteiger partial charge in [-0.3, -0.25) is 4.40 Å².